The highest BCUT2D eigenvalue weighted by atomic mass is 16.5. The van der Waals surface area contributed by atoms with Crippen LogP contribution >= 0.6 is 0 Å². The Balaban J connectivity index is 2.71. The zero-order valence-corrected chi connectivity index (χ0v) is 12.5. The van der Waals surface area contributed by atoms with Crippen molar-refractivity contribution in [3.8, 4) is 5.75 Å². The Labute approximate surface area is 119 Å². The van der Waals surface area contributed by atoms with Gasteiger partial charge in [0.1, 0.15) is 12.0 Å². The molecule has 1 N–H and O–H groups in total. The van der Waals surface area contributed by atoms with Gasteiger partial charge in [-0.25, -0.2) is 0 Å². The summed E-state index contributed by atoms with van der Waals surface area (Å²) in [7, 11) is 3.44. The summed E-state index contributed by atoms with van der Waals surface area (Å²) in [5.74, 6) is 0.694. The van der Waals surface area contributed by atoms with E-state index in [-0.39, 0.29) is 11.9 Å². The number of benzene rings is 1. The first kappa shape index (κ1) is 16.2. The predicted molar refractivity (Wildman–Crippen MR) is 78.0 cm³/mol. The molecule has 0 fully saturated rings. The fraction of sp³-hybridized carbons (Fsp3) is 0.467. The van der Waals surface area contributed by atoms with Gasteiger partial charge in [0.05, 0.1) is 13.7 Å². The number of ether oxygens (including phenoxy) is 1. The van der Waals surface area contributed by atoms with E-state index in [0.717, 1.165) is 11.8 Å². The molecular weight excluding hydrogens is 256 g/mol. The highest BCUT2D eigenvalue weighted by Crippen LogP contribution is 2.20. The Morgan fingerprint density at radius 1 is 1.45 bits per heavy atom. The van der Waals surface area contributed by atoms with Crippen LogP contribution in [0.4, 0.5) is 0 Å². The summed E-state index contributed by atoms with van der Waals surface area (Å²) in [6.07, 6.45) is 0.800. The number of rotatable bonds is 7. The number of aldehydes is 1. The van der Waals surface area contributed by atoms with Crippen LogP contribution in [0.2, 0.25) is 0 Å². The number of likely N-dealkylation sites (N-methyl/N-ethyl adjacent to an activating group) is 1. The fourth-order valence-electron chi connectivity index (χ4n) is 1.95. The Morgan fingerprint density at radius 3 is 2.70 bits per heavy atom. The van der Waals surface area contributed by atoms with Crippen molar-refractivity contribution in [3.05, 3.63) is 29.3 Å². The molecule has 0 aromatic heterocycles. The number of hydrogen-bond acceptors (Lipinski definition) is 4. The topological polar surface area (TPSA) is 58.6 Å². The minimum absolute atomic E-state index is 0.0204. The summed E-state index contributed by atoms with van der Waals surface area (Å²) >= 11 is 0. The number of hydrogen-bond donors (Lipinski definition) is 1. The van der Waals surface area contributed by atoms with Crippen molar-refractivity contribution in [2.45, 2.75) is 26.4 Å². The quantitative estimate of drug-likeness (QED) is 0.767. The van der Waals surface area contributed by atoms with E-state index in [1.54, 1.807) is 25.3 Å². The van der Waals surface area contributed by atoms with E-state index in [9.17, 15) is 9.59 Å². The average Bonchev–Trinajstić information content (AvgIpc) is 2.37. The van der Waals surface area contributed by atoms with Crippen molar-refractivity contribution < 1.29 is 14.3 Å². The zero-order chi connectivity index (χ0) is 15.1. The van der Waals surface area contributed by atoms with Crippen LogP contribution in [0.25, 0.3) is 0 Å². The van der Waals surface area contributed by atoms with Crippen LogP contribution in [0.3, 0.4) is 0 Å². The van der Waals surface area contributed by atoms with Gasteiger partial charge in [-0.2, -0.15) is 0 Å². The molecule has 110 valence electrons. The van der Waals surface area contributed by atoms with E-state index in [1.807, 2.05) is 25.8 Å². The lowest BCUT2D eigenvalue weighted by Gasteiger charge is -2.19. The van der Waals surface area contributed by atoms with Crippen LogP contribution in [-0.4, -0.2) is 43.8 Å². The molecule has 0 saturated carbocycles. The molecule has 1 amide bonds. The van der Waals surface area contributed by atoms with Crippen molar-refractivity contribution in [2.75, 3.05) is 20.7 Å². The van der Waals surface area contributed by atoms with E-state index in [1.165, 1.54) is 0 Å². The minimum Gasteiger partial charge on any atom is -0.496 e. The molecule has 0 atom stereocenters. The van der Waals surface area contributed by atoms with E-state index < -0.39 is 0 Å². The lowest BCUT2D eigenvalue weighted by Crippen LogP contribution is -2.38. The molecule has 20 heavy (non-hydrogen) atoms. The van der Waals surface area contributed by atoms with E-state index >= 15 is 0 Å². The maximum Gasteiger partial charge on any atom is 0.234 e. The molecular formula is C15H22N2O3. The van der Waals surface area contributed by atoms with Gasteiger partial charge in [-0.05, 0) is 39.1 Å². The smallest absolute Gasteiger partial charge is 0.234 e. The first-order valence-corrected chi connectivity index (χ1v) is 6.56. The molecule has 1 rings (SSSR count). The van der Waals surface area contributed by atoms with E-state index in [2.05, 4.69) is 5.32 Å². The SMILES string of the molecule is COc1ccc(C=O)cc1CN(C)CC(=O)NC(C)C. The molecule has 0 heterocycles. The van der Waals surface area contributed by atoms with Gasteiger partial charge in [0.2, 0.25) is 5.91 Å². The van der Waals surface area contributed by atoms with Crippen LogP contribution in [0.5, 0.6) is 5.75 Å². The number of amides is 1. The van der Waals surface area contributed by atoms with Gasteiger partial charge in [0, 0.05) is 23.7 Å². The van der Waals surface area contributed by atoms with Crippen molar-refractivity contribution in [1.82, 2.24) is 10.2 Å². The maximum absolute atomic E-state index is 11.7. The second kappa shape index (κ2) is 7.65. The van der Waals surface area contributed by atoms with Gasteiger partial charge in [-0.15, -0.1) is 0 Å². The third-order valence-electron chi connectivity index (χ3n) is 2.74. The highest BCUT2D eigenvalue weighted by molar-refractivity contribution is 5.78. The second-order valence-electron chi connectivity index (χ2n) is 5.08. The minimum atomic E-state index is -0.0204. The summed E-state index contributed by atoms with van der Waals surface area (Å²) in [5, 5.41) is 2.84. The molecule has 5 heteroatoms. The van der Waals surface area contributed by atoms with Crippen LogP contribution in [0.15, 0.2) is 18.2 Å². The Morgan fingerprint density at radius 2 is 2.15 bits per heavy atom. The zero-order valence-electron chi connectivity index (χ0n) is 12.5. The van der Waals surface area contributed by atoms with E-state index in [0.29, 0.717) is 24.4 Å². The lowest BCUT2D eigenvalue weighted by molar-refractivity contribution is -0.122. The fourth-order valence-corrected chi connectivity index (χ4v) is 1.95. The summed E-state index contributed by atoms with van der Waals surface area (Å²) in [4.78, 5) is 24.4. The first-order valence-electron chi connectivity index (χ1n) is 6.56. The third kappa shape index (κ3) is 5.01. The largest absolute Gasteiger partial charge is 0.496 e. The Hall–Kier alpha value is -1.88. The third-order valence-corrected chi connectivity index (χ3v) is 2.74. The normalized spacial score (nSPS) is 10.7. The number of carbonyl (C=O) groups excluding carboxylic acids is 2. The summed E-state index contributed by atoms with van der Waals surface area (Å²) in [6.45, 7) is 4.69. The molecule has 1 aromatic carbocycles. The number of carbonyl (C=O) groups is 2. The monoisotopic (exact) mass is 278 g/mol. The van der Waals surface area contributed by atoms with Gasteiger partial charge in [-0.1, -0.05) is 0 Å². The molecule has 0 bridgehead atoms. The standard InChI is InChI=1S/C15H22N2O3/c1-11(2)16-15(19)9-17(3)8-13-7-12(10-18)5-6-14(13)20-4/h5-7,10-11H,8-9H2,1-4H3,(H,16,19). The number of methoxy groups -OCH3 is 1. The summed E-state index contributed by atoms with van der Waals surface area (Å²) < 4.78 is 5.27. The van der Waals surface area contributed by atoms with Crippen molar-refractivity contribution in [1.29, 1.82) is 0 Å². The number of nitrogens with one attached hydrogen (secondary N) is 1. The van der Waals surface area contributed by atoms with Crippen molar-refractivity contribution >= 4 is 12.2 Å². The van der Waals surface area contributed by atoms with Crippen molar-refractivity contribution in [3.63, 3.8) is 0 Å². The molecule has 0 spiro atoms. The van der Waals surface area contributed by atoms with Crippen LogP contribution in [0, 0.1) is 0 Å². The summed E-state index contributed by atoms with van der Waals surface area (Å²) in [5.41, 5.74) is 1.48. The Bertz CT molecular complexity index is 472. The second-order valence-corrected chi connectivity index (χ2v) is 5.08. The molecule has 0 aliphatic rings. The first-order chi connectivity index (χ1) is 9.46. The van der Waals surface area contributed by atoms with Gasteiger partial charge in [0.25, 0.3) is 0 Å². The molecule has 1 aromatic rings. The van der Waals surface area contributed by atoms with Crippen LogP contribution in [0.1, 0.15) is 29.8 Å². The van der Waals surface area contributed by atoms with Crippen molar-refractivity contribution in [2.24, 2.45) is 0 Å². The predicted octanol–water partition coefficient (Wildman–Crippen LogP) is 1.46. The molecule has 0 unspecified atom stereocenters. The van der Waals surface area contributed by atoms with Gasteiger partial charge >= 0.3 is 0 Å². The molecule has 5 nitrogen and oxygen atoms in total. The van der Waals surface area contributed by atoms with Gasteiger partial charge < -0.3 is 10.1 Å². The molecule has 0 saturated heterocycles. The lowest BCUT2D eigenvalue weighted by atomic mass is 10.1. The summed E-state index contributed by atoms with van der Waals surface area (Å²) in [6, 6.07) is 5.38. The van der Waals surface area contributed by atoms with Gasteiger partial charge in [0.15, 0.2) is 0 Å². The average molecular weight is 278 g/mol. The molecule has 0 aliphatic carbocycles. The maximum atomic E-state index is 11.7. The molecule has 0 radical (unpaired) electrons. The molecule has 0 aliphatic heterocycles. The van der Waals surface area contributed by atoms with Crippen LogP contribution in [-0.2, 0) is 11.3 Å². The highest BCUT2D eigenvalue weighted by Gasteiger charge is 2.11. The van der Waals surface area contributed by atoms with Crippen LogP contribution < -0.4 is 10.1 Å². The van der Waals surface area contributed by atoms with Gasteiger partial charge in [-0.3, -0.25) is 14.5 Å². The van der Waals surface area contributed by atoms with E-state index in [4.69, 9.17) is 4.74 Å². The number of nitrogens with zero attached hydrogens (tertiary/aromatic N) is 1. The Kier molecular flexibility index (Phi) is 6.18.